The molecular weight excluding hydrogens is 304 g/mol. The van der Waals surface area contributed by atoms with Crippen LogP contribution in [0.25, 0.3) is 0 Å². The van der Waals surface area contributed by atoms with Gasteiger partial charge in [-0.25, -0.2) is 9.97 Å². The van der Waals surface area contributed by atoms with Crippen LogP contribution in [0.15, 0.2) is 36.7 Å². The molecule has 2 aromatic rings. The summed E-state index contributed by atoms with van der Waals surface area (Å²) < 4.78 is 5.58. The molecule has 0 aliphatic carbocycles. The van der Waals surface area contributed by atoms with Gasteiger partial charge in [-0.1, -0.05) is 0 Å². The molecular formula is C18H24N4O2. The van der Waals surface area contributed by atoms with Crippen molar-refractivity contribution in [2.75, 3.05) is 10.6 Å². The van der Waals surface area contributed by atoms with Gasteiger partial charge < -0.3 is 15.4 Å². The molecule has 0 aliphatic heterocycles. The van der Waals surface area contributed by atoms with Gasteiger partial charge in [0.25, 0.3) is 5.91 Å². The normalized spacial score (nSPS) is 11.2. The van der Waals surface area contributed by atoms with Gasteiger partial charge in [0.05, 0.1) is 6.10 Å². The zero-order valence-electron chi connectivity index (χ0n) is 14.8. The zero-order valence-corrected chi connectivity index (χ0v) is 14.8. The van der Waals surface area contributed by atoms with E-state index in [1.807, 2.05) is 46.8 Å². The number of amides is 1. The molecule has 0 saturated heterocycles. The Bertz CT molecular complexity index is 691. The van der Waals surface area contributed by atoms with Crippen LogP contribution in [0.3, 0.4) is 0 Å². The van der Waals surface area contributed by atoms with Crippen molar-refractivity contribution in [1.29, 1.82) is 0 Å². The molecule has 0 radical (unpaired) electrons. The van der Waals surface area contributed by atoms with Gasteiger partial charge in [0.2, 0.25) is 0 Å². The summed E-state index contributed by atoms with van der Waals surface area (Å²) in [4.78, 5) is 20.5. The van der Waals surface area contributed by atoms with Crippen LogP contribution in [0.1, 0.15) is 45.1 Å². The van der Waals surface area contributed by atoms with Crippen LogP contribution in [-0.4, -0.2) is 27.5 Å². The zero-order chi connectivity index (χ0) is 17.7. The fourth-order valence-electron chi connectivity index (χ4n) is 2.02. The van der Waals surface area contributed by atoms with Gasteiger partial charge in [-0.2, -0.15) is 0 Å². The van der Waals surface area contributed by atoms with Crippen molar-refractivity contribution in [3.05, 3.63) is 42.4 Å². The smallest absolute Gasteiger partial charge is 0.274 e. The van der Waals surface area contributed by atoms with E-state index in [0.29, 0.717) is 17.2 Å². The Morgan fingerprint density at radius 1 is 1.12 bits per heavy atom. The Morgan fingerprint density at radius 2 is 1.79 bits per heavy atom. The number of aromatic nitrogens is 2. The Balaban J connectivity index is 2.05. The fourth-order valence-corrected chi connectivity index (χ4v) is 2.02. The van der Waals surface area contributed by atoms with Crippen molar-refractivity contribution >= 4 is 17.4 Å². The minimum atomic E-state index is -0.285. The topological polar surface area (TPSA) is 76.1 Å². The maximum atomic E-state index is 12.3. The SMILES string of the molecule is CC(C)Oc1ccc(NC(=O)c2cc(NC(C)(C)C)ncn2)cc1. The molecule has 0 saturated carbocycles. The molecule has 6 nitrogen and oxygen atoms in total. The van der Waals surface area contributed by atoms with Crippen molar-refractivity contribution in [2.24, 2.45) is 0 Å². The van der Waals surface area contributed by atoms with E-state index in [0.717, 1.165) is 5.75 Å². The first-order chi connectivity index (χ1) is 11.2. The summed E-state index contributed by atoms with van der Waals surface area (Å²) in [5.41, 5.74) is 0.841. The third kappa shape index (κ3) is 5.53. The maximum absolute atomic E-state index is 12.3. The van der Waals surface area contributed by atoms with Gasteiger partial charge in [0.15, 0.2) is 0 Å². The number of anilines is 2. The second-order valence-corrected chi connectivity index (χ2v) is 6.81. The quantitative estimate of drug-likeness (QED) is 0.874. The Hall–Kier alpha value is -2.63. The van der Waals surface area contributed by atoms with E-state index in [4.69, 9.17) is 4.74 Å². The van der Waals surface area contributed by atoms with E-state index in [-0.39, 0.29) is 17.6 Å². The molecule has 0 atom stereocenters. The van der Waals surface area contributed by atoms with Gasteiger partial charge in [-0.05, 0) is 58.9 Å². The van der Waals surface area contributed by atoms with Crippen molar-refractivity contribution in [1.82, 2.24) is 9.97 Å². The minimum Gasteiger partial charge on any atom is -0.491 e. The van der Waals surface area contributed by atoms with Gasteiger partial charge in [0, 0.05) is 17.3 Å². The first kappa shape index (κ1) is 17.7. The summed E-state index contributed by atoms with van der Waals surface area (Å²) in [6, 6.07) is 8.87. The molecule has 2 rings (SSSR count). The molecule has 1 heterocycles. The van der Waals surface area contributed by atoms with E-state index < -0.39 is 0 Å². The molecule has 2 N–H and O–H groups in total. The van der Waals surface area contributed by atoms with Gasteiger partial charge in [0.1, 0.15) is 23.6 Å². The molecule has 0 bridgehead atoms. The van der Waals surface area contributed by atoms with Gasteiger partial charge in [-0.3, -0.25) is 4.79 Å². The molecule has 1 aromatic heterocycles. The minimum absolute atomic E-state index is 0.111. The highest BCUT2D eigenvalue weighted by molar-refractivity contribution is 6.03. The summed E-state index contributed by atoms with van der Waals surface area (Å²) in [7, 11) is 0. The lowest BCUT2D eigenvalue weighted by molar-refractivity contribution is 0.102. The summed E-state index contributed by atoms with van der Waals surface area (Å²) in [5, 5.41) is 6.03. The summed E-state index contributed by atoms with van der Waals surface area (Å²) >= 11 is 0. The predicted octanol–water partition coefficient (Wildman–Crippen LogP) is 3.73. The van der Waals surface area contributed by atoms with Crippen molar-refractivity contribution in [3.63, 3.8) is 0 Å². The third-order valence-corrected chi connectivity index (χ3v) is 2.89. The van der Waals surface area contributed by atoms with Crippen LogP contribution in [0.4, 0.5) is 11.5 Å². The number of carbonyl (C=O) groups is 1. The molecule has 0 spiro atoms. The molecule has 0 fully saturated rings. The van der Waals surface area contributed by atoms with Crippen LogP contribution in [-0.2, 0) is 0 Å². The second-order valence-electron chi connectivity index (χ2n) is 6.81. The standard InChI is InChI=1S/C18H24N4O2/c1-12(2)24-14-8-6-13(7-9-14)21-17(23)15-10-16(20-11-19-15)22-18(3,4)5/h6-12H,1-5H3,(H,21,23)(H,19,20,22). The molecule has 24 heavy (non-hydrogen) atoms. The van der Waals surface area contributed by atoms with Crippen LogP contribution in [0.2, 0.25) is 0 Å². The first-order valence-electron chi connectivity index (χ1n) is 7.91. The molecule has 0 aliphatic rings. The number of hydrogen-bond acceptors (Lipinski definition) is 5. The van der Waals surface area contributed by atoms with E-state index in [1.165, 1.54) is 6.33 Å². The summed E-state index contributed by atoms with van der Waals surface area (Å²) in [5.74, 6) is 1.09. The average molecular weight is 328 g/mol. The maximum Gasteiger partial charge on any atom is 0.274 e. The Kier molecular flexibility index (Phi) is 5.39. The lowest BCUT2D eigenvalue weighted by Crippen LogP contribution is -2.27. The van der Waals surface area contributed by atoms with E-state index >= 15 is 0 Å². The Labute approximate surface area is 142 Å². The molecule has 1 aromatic carbocycles. The lowest BCUT2D eigenvalue weighted by atomic mass is 10.1. The first-order valence-corrected chi connectivity index (χ1v) is 7.91. The summed E-state index contributed by atoms with van der Waals surface area (Å²) in [6.45, 7) is 10.0. The second kappa shape index (κ2) is 7.29. The van der Waals surface area contributed by atoms with Crippen LogP contribution < -0.4 is 15.4 Å². The molecule has 0 unspecified atom stereocenters. The third-order valence-electron chi connectivity index (χ3n) is 2.89. The van der Waals surface area contributed by atoms with E-state index in [9.17, 15) is 4.79 Å². The van der Waals surface area contributed by atoms with Gasteiger partial charge in [-0.15, -0.1) is 0 Å². The summed E-state index contributed by atoms with van der Waals surface area (Å²) in [6.07, 6.45) is 1.49. The highest BCUT2D eigenvalue weighted by Crippen LogP contribution is 2.18. The van der Waals surface area contributed by atoms with Crippen molar-refractivity contribution in [2.45, 2.75) is 46.3 Å². The molecule has 1 amide bonds. The molecule has 6 heteroatoms. The van der Waals surface area contributed by atoms with Crippen LogP contribution in [0, 0.1) is 0 Å². The number of hydrogen-bond donors (Lipinski definition) is 2. The predicted molar refractivity (Wildman–Crippen MR) is 95.6 cm³/mol. The van der Waals surface area contributed by atoms with Crippen molar-refractivity contribution < 1.29 is 9.53 Å². The largest absolute Gasteiger partial charge is 0.491 e. The Morgan fingerprint density at radius 3 is 2.38 bits per heavy atom. The lowest BCUT2D eigenvalue weighted by Gasteiger charge is -2.21. The number of nitrogens with zero attached hydrogens (tertiary/aromatic N) is 2. The van der Waals surface area contributed by atoms with Crippen molar-refractivity contribution in [3.8, 4) is 5.75 Å². The highest BCUT2D eigenvalue weighted by atomic mass is 16.5. The molecule has 128 valence electrons. The van der Waals surface area contributed by atoms with Crippen LogP contribution >= 0.6 is 0 Å². The van der Waals surface area contributed by atoms with Gasteiger partial charge >= 0.3 is 0 Å². The number of benzene rings is 1. The highest BCUT2D eigenvalue weighted by Gasteiger charge is 2.13. The number of ether oxygens (including phenoxy) is 1. The number of rotatable bonds is 5. The average Bonchev–Trinajstić information content (AvgIpc) is 2.47. The number of carbonyl (C=O) groups excluding carboxylic acids is 1. The monoisotopic (exact) mass is 328 g/mol. The fraction of sp³-hybridized carbons (Fsp3) is 0.389. The van der Waals surface area contributed by atoms with E-state index in [1.54, 1.807) is 18.2 Å². The van der Waals surface area contributed by atoms with Crippen LogP contribution in [0.5, 0.6) is 5.75 Å². The number of nitrogens with one attached hydrogen (secondary N) is 2. The van der Waals surface area contributed by atoms with E-state index in [2.05, 4.69) is 20.6 Å².